The summed E-state index contributed by atoms with van der Waals surface area (Å²) < 4.78 is 5.72. The Morgan fingerprint density at radius 3 is 2.38 bits per heavy atom. The number of nitrogens with one attached hydrogen (secondary N) is 2. The fraction of sp³-hybridized carbons (Fsp3) is 0.350. The van der Waals surface area contributed by atoms with Crippen LogP contribution in [0.25, 0.3) is 0 Å². The van der Waals surface area contributed by atoms with Crippen LogP contribution in [0.4, 0.5) is 5.69 Å². The minimum atomic E-state index is -0.0624. The molecule has 1 aliphatic heterocycles. The number of piperidine rings is 1. The number of hydrogen-bond acceptors (Lipinski definition) is 3. The van der Waals surface area contributed by atoms with E-state index < -0.39 is 0 Å². The van der Waals surface area contributed by atoms with Gasteiger partial charge in [-0.05, 0) is 42.6 Å². The van der Waals surface area contributed by atoms with Gasteiger partial charge in [-0.2, -0.15) is 0 Å². The fourth-order valence-electron chi connectivity index (χ4n) is 2.85. The lowest BCUT2D eigenvalue weighted by Crippen LogP contribution is -2.43. The SMILES string of the molecule is O=C(Nc1ccc(COCc2ccccc2)cc1)C1CCCCN1. The summed E-state index contributed by atoms with van der Waals surface area (Å²) in [6.45, 7) is 2.09. The Balaban J connectivity index is 1.45. The average Bonchev–Trinajstić information content (AvgIpc) is 2.65. The summed E-state index contributed by atoms with van der Waals surface area (Å²) in [5.41, 5.74) is 3.10. The molecule has 1 heterocycles. The highest BCUT2D eigenvalue weighted by molar-refractivity contribution is 5.94. The predicted octanol–water partition coefficient (Wildman–Crippen LogP) is 3.48. The zero-order valence-electron chi connectivity index (χ0n) is 13.8. The molecule has 0 spiro atoms. The van der Waals surface area contributed by atoms with Crippen LogP contribution in [0.2, 0.25) is 0 Å². The lowest BCUT2D eigenvalue weighted by atomic mass is 10.0. The van der Waals surface area contributed by atoms with Crippen LogP contribution in [0.5, 0.6) is 0 Å². The normalized spacial score (nSPS) is 17.4. The van der Waals surface area contributed by atoms with Crippen molar-refractivity contribution in [2.45, 2.75) is 38.5 Å². The Hall–Kier alpha value is -2.17. The van der Waals surface area contributed by atoms with E-state index >= 15 is 0 Å². The van der Waals surface area contributed by atoms with Crippen molar-refractivity contribution in [3.05, 3.63) is 65.7 Å². The molecule has 0 bridgehead atoms. The van der Waals surface area contributed by atoms with Gasteiger partial charge in [-0.25, -0.2) is 0 Å². The molecule has 2 aromatic rings. The van der Waals surface area contributed by atoms with Crippen LogP contribution in [0, 0.1) is 0 Å². The highest BCUT2D eigenvalue weighted by Crippen LogP contribution is 2.14. The standard InChI is InChI=1S/C20H24N2O2/c23-20(19-8-4-5-13-21-19)22-18-11-9-17(10-12-18)15-24-14-16-6-2-1-3-7-16/h1-3,6-7,9-12,19,21H,4-5,8,13-15H2,(H,22,23). The minimum absolute atomic E-state index is 0.0581. The van der Waals surface area contributed by atoms with Crippen LogP contribution < -0.4 is 10.6 Å². The second kappa shape index (κ2) is 8.62. The van der Waals surface area contributed by atoms with E-state index in [1.54, 1.807) is 0 Å². The third kappa shape index (κ3) is 4.91. The summed E-state index contributed by atoms with van der Waals surface area (Å²) >= 11 is 0. The molecule has 2 N–H and O–H groups in total. The Morgan fingerprint density at radius 1 is 1.00 bits per heavy atom. The summed E-state index contributed by atoms with van der Waals surface area (Å²) in [6.07, 6.45) is 3.18. The number of ether oxygens (including phenoxy) is 1. The molecular formula is C20H24N2O2. The Labute approximate surface area is 143 Å². The molecule has 1 unspecified atom stereocenters. The maximum Gasteiger partial charge on any atom is 0.241 e. The first kappa shape index (κ1) is 16.7. The molecule has 4 nitrogen and oxygen atoms in total. The number of carbonyl (C=O) groups excluding carboxylic acids is 1. The molecule has 0 aliphatic carbocycles. The number of hydrogen-bond donors (Lipinski definition) is 2. The van der Waals surface area contributed by atoms with Crippen molar-refractivity contribution in [1.29, 1.82) is 0 Å². The molecule has 2 aromatic carbocycles. The summed E-state index contributed by atoms with van der Waals surface area (Å²) in [6, 6.07) is 17.9. The van der Waals surface area contributed by atoms with Crippen LogP contribution >= 0.6 is 0 Å². The maximum atomic E-state index is 12.2. The van der Waals surface area contributed by atoms with Gasteiger partial charge in [0.25, 0.3) is 0 Å². The van der Waals surface area contributed by atoms with Crippen molar-refractivity contribution < 1.29 is 9.53 Å². The summed E-state index contributed by atoms with van der Waals surface area (Å²) in [5, 5.41) is 6.24. The van der Waals surface area contributed by atoms with Crippen molar-refractivity contribution in [1.82, 2.24) is 5.32 Å². The number of amides is 1. The van der Waals surface area contributed by atoms with E-state index in [9.17, 15) is 4.79 Å². The van der Waals surface area contributed by atoms with E-state index in [1.165, 1.54) is 5.56 Å². The molecule has 1 aliphatic rings. The molecule has 0 saturated carbocycles. The number of carbonyl (C=O) groups is 1. The lowest BCUT2D eigenvalue weighted by Gasteiger charge is -2.22. The molecule has 24 heavy (non-hydrogen) atoms. The van der Waals surface area contributed by atoms with Gasteiger partial charge in [0.05, 0.1) is 19.3 Å². The third-order valence-corrected chi connectivity index (χ3v) is 4.23. The van der Waals surface area contributed by atoms with E-state index in [1.807, 2.05) is 42.5 Å². The van der Waals surface area contributed by atoms with Gasteiger partial charge in [0.1, 0.15) is 0 Å². The molecule has 0 aromatic heterocycles. The molecule has 4 heteroatoms. The molecule has 126 valence electrons. The summed E-state index contributed by atoms with van der Waals surface area (Å²) in [7, 11) is 0. The fourth-order valence-corrected chi connectivity index (χ4v) is 2.85. The van der Waals surface area contributed by atoms with Crippen LogP contribution in [-0.2, 0) is 22.7 Å². The average molecular weight is 324 g/mol. The second-order valence-electron chi connectivity index (χ2n) is 6.17. The molecule has 1 amide bonds. The molecule has 1 fully saturated rings. The predicted molar refractivity (Wildman–Crippen MR) is 95.6 cm³/mol. The summed E-state index contributed by atoms with van der Waals surface area (Å²) in [5.74, 6) is 0.0581. The van der Waals surface area contributed by atoms with Crippen LogP contribution in [0.15, 0.2) is 54.6 Å². The zero-order valence-corrected chi connectivity index (χ0v) is 13.8. The summed E-state index contributed by atoms with van der Waals surface area (Å²) in [4.78, 5) is 12.2. The van der Waals surface area contributed by atoms with Gasteiger partial charge in [-0.15, -0.1) is 0 Å². The Morgan fingerprint density at radius 2 is 1.71 bits per heavy atom. The first-order valence-electron chi connectivity index (χ1n) is 8.56. The van der Waals surface area contributed by atoms with Crippen LogP contribution in [0.1, 0.15) is 30.4 Å². The van der Waals surface area contributed by atoms with Gasteiger partial charge in [-0.1, -0.05) is 48.9 Å². The third-order valence-electron chi connectivity index (χ3n) is 4.23. The number of benzene rings is 2. The molecule has 3 rings (SSSR count). The smallest absolute Gasteiger partial charge is 0.241 e. The molecule has 1 atom stereocenters. The monoisotopic (exact) mass is 324 g/mol. The molecular weight excluding hydrogens is 300 g/mol. The van der Waals surface area contributed by atoms with Gasteiger partial charge in [0.2, 0.25) is 5.91 Å². The highest BCUT2D eigenvalue weighted by atomic mass is 16.5. The van der Waals surface area contributed by atoms with Crippen molar-refractivity contribution in [2.75, 3.05) is 11.9 Å². The quantitative estimate of drug-likeness (QED) is 0.855. The zero-order chi connectivity index (χ0) is 16.6. The van der Waals surface area contributed by atoms with Gasteiger partial charge in [-0.3, -0.25) is 4.79 Å². The topological polar surface area (TPSA) is 50.4 Å². The van der Waals surface area contributed by atoms with E-state index in [0.29, 0.717) is 13.2 Å². The second-order valence-corrected chi connectivity index (χ2v) is 6.17. The van der Waals surface area contributed by atoms with Crippen LogP contribution in [-0.4, -0.2) is 18.5 Å². The Kier molecular flexibility index (Phi) is 5.99. The Bertz CT molecular complexity index is 634. The number of anilines is 1. The minimum Gasteiger partial charge on any atom is -0.372 e. The van der Waals surface area contributed by atoms with E-state index in [2.05, 4.69) is 22.8 Å². The molecule has 0 radical (unpaired) electrons. The van der Waals surface area contributed by atoms with Crippen molar-refractivity contribution in [3.8, 4) is 0 Å². The van der Waals surface area contributed by atoms with E-state index in [0.717, 1.165) is 37.1 Å². The highest BCUT2D eigenvalue weighted by Gasteiger charge is 2.20. The van der Waals surface area contributed by atoms with Crippen molar-refractivity contribution >= 4 is 11.6 Å². The van der Waals surface area contributed by atoms with E-state index in [4.69, 9.17) is 4.74 Å². The van der Waals surface area contributed by atoms with Gasteiger partial charge in [0, 0.05) is 5.69 Å². The van der Waals surface area contributed by atoms with Gasteiger partial charge in [0.15, 0.2) is 0 Å². The van der Waals surface area contributed by atoms with E-state index in [-0.39, 0.29) is 11.9 Å². The van der Waals surface area contributed by atoms with Crippen molar-refractivity contribution in [3.63, 3.8) is 0 Å². The first-order valence-corrected chi connectivity index (χ1v) is 8.56. The molecule has 1 saturated heterocycles. The lowest BCUT2D eigenvalue weighted by molar-refractivity contribution is -0.118. The maximum absolute atomic E-state index is 12.2. The van der Waals surface area contributed by atoms with Crippen LogP contribution in [0.3, 0.4) is 0 Å². The van der Waals surface area contributed by atoms with Crippen molar-refractivity contribution in [2.24, 2.45) is 0 Å². The van der Waals surface area contributed by atoms with Gasteiger partial charge < -0.3 is 15.4 Å². The largest absolute Gasteiger partial charge is 0.372 e. The van der Waals surface area contributed by atoms with Gasteiger partial charge >= 0.3 is 0 Å². The number of rotatable bonds is 6. The first-order chi connectivity index (χ1) is 11.8.